The number of ketones is 1. The number of aryl methyl sites for hydroxylation is 4. The molecule has 4 atom stereocenters. The lowest BCUT2D eigenvalue weighted by atomic mass is 9.64. The molecule has 6 rings (SSSR count). The Kier molecular flexibility index (Phi) is 6.51. The highest BCUT2D eigenvalue weighted by Gasteiger charge is 2.55. The molecule has 0 aliphatic carbocycles. The smallest absolute Gasteiger partial charge is 0.146 e. The van der Waals surface area contributed by atoms with E-state index in [1.165, 1.54) is 22.3 Å². The summed E-state index contributed by atoms with van der Waals surface area (Å²) in [5, 5.41) is 8.04. The van der Waals surface area contributed by atoms with Crippen molar-refractivity contribution < 1.29 is 4.79 Å². The molecule has 2 N–H and O–H groups in total. The standard InChI is InChI=1S/C35H36N2O/c1-21-5-13-25(14-6-21)31-29-32(26-15-7-22(2)8-16-26)37-34(28-19-11-24(4)12-20-28)30(35(29)38)33(36-31)27-17-9-23(3)10-18-27/h5-20,29-34,36-37H,1-4H3/t29?,30?,31-,32-,33-,34-/m1/s1. The molecular formula is C35H36N2O. The van der Waals surface area contributed by atoms with E-state index in [1.54, 1.807) is 0 Å². The van der Waals surface area contributed by atoms with Crippen molar-refractivity contribution in [2.45, 2.75) is 51.9 Å². The van der Waals surface area contributed by atoms with Gasteiger partial charge in [0.05, 0.1) is 11.8 Å². The first-order valence-corrected chi connectivity index (χ1v) is 13.7. The van der Waals surface area contributed by atoms with Crippen molar-refractivity contribution in [3.05, 3.63) is 142 Å². The quantitative estimate of drug-likeness (QED) is 0.311. The normalized spacial score (nSPS) is 26.8. The second-order valence-corrected chi connectivity index (χ2v) is 11.3. The van der Waals surface area contributed by atoms with Crippen molar-refractivity contribution in [2.24, 2.45) is 11.8 Å². The van der Waals surface area contributed by atoms with Crippen LogP contribution in [0.5, 0.6) is 0 Å². The highest BCUT2D eigenvalue weighted by Crippen LogP contribution is 2.52. The third-order valence-corrected chi connectivity index (χ3v) is 8.56. The second-order valence-electron chi connectivity index (χ2n) is 11.3. The van der Waals surface area contributed by atoms with E-state index in [1.807, 2.05) is 0 Å². The van der Waals surface area contributed by atoms with Gasteiger partial charge in [0.2, 0.25) is 0 Å². The third-order valence-electron chi connectivity index (χ3n) is 8.56. The molecule has 4 aromatic rings. The van der Waals surface area contributed by atoms with Gasteiger partial charge in [-0.3, -0.25) is 4.79 Å². The summed E-state index contributed by atoms with van der Waals surface area (Å²) < 4.78 is 0. The number of fused-ring (bicyclic) bond motifs is 2. The summed E-state index contributed by atoms with van der Waals surface area (Å²) in [6, 6.07) is 34.3. The predicted molar refractivity (Wildman–Crippen MR) is 154 cm³/mol. The van der Waals surface area contributed by atoms with Gasteiger partial charge in [0.1, 0.15) is 5.78 Å². The summed E-state index contributed by atoms with van der Waals surface area (Å²) in [5.41, 5.74) is 9.55. The van der Waals surface area contributed by atoms with Gasteiger partial charge in [-0.2, -0.15) is 0 Å². The summed E-state index contributed by atoms with van der Waals surface area (Å²) in [4.78, 5) is 14.7. The Balaban J connectivity index is 1.51. The average molecular weight is 501 g/mol. The fourth-order valence-corrected chi connectivity index (χ4v) is 6.38. The lowest BCUT2D eigenvalue weighted by Gasteiger charge is -2.52. The van der Waals surface area contributed by atoms with Crippen LogP contribution in [0.25, 0.3) is 0 Å². The largest absolute Gasteiger partial charge is 0.302 e. The highest BCUT2D eigenvalue weighted by molar-refractivity contribution is 5.89. The van der Waals surface area contributed by atoms with Crippen LogP contribution in [0.3, 0.4) is 0 Å². The molecule has 2 bridgehead atoms. The fraction of sp³-hybridized carbons (Fsp3) is 0.286. The van der Waals surface area contributed by atoms with Gasteiger partial charge in [-0.15, -0.1) is 0 Å². The Labute approximate surface area is 226 Å². The average Bonchev–Trinajstić information content (AvgIpc) is 2.91. The van der Waals surface area contributed by atoms with Crippen LogP contribution < -0.4 is 10.6 Å². The zero-order valence-corrected chi connectivity index (χ0v) is 22.6. The van der Waals surface area contributed by atoms with E-state index in [2.05, 4.69) is 135 Å². The highest BCUT2D eigenvalue weighted by atomic mass is 16.1. The van der Waals surface area contributed by atoms with Crippen LogP contribution in [0.1, 0.15) is 68.7 Å². The minimum absolute atomic E-state index is 0.0941. The van der Waals surface area contributed by atoms with Crippen LogP contribution >= 0.6 is 0 Å². The van der Waals surface area contributed by atoms with Crippen LogP contribution in [-0.4, -0.2) is 5.78 Å². The summed E-state index contributed by atoms with van der Waals surface area (Å²) >= 11 is 0. The van der Waals surface area contributed by atoms with Gasteiger partial charge in [-0.05, 0) is 49.9 Å². The maximum Gasteiger partial charge on any atom is 0.146 e. The lowest BCUT2D eigenvalue weighted by molar-refractivity contribution is -0.139. The first-order chi connectivity index (χ1) is 18.4. The molecule has 0 radical (unpaired) electrons. The molecule has 38 heavy (non-hydrogen) atoms. The number of nitrogens with one attached hydrogen (secondary N) is 2. The molecule has 2 fully saturated rings. The van der Waals surface area contributed by atoms with Crippen molar-refractivity contribution in [1.29, 1.82) is 0 Å². The van der Waals surface area contributed by atoms with Crippen molar-refractivity contribution in [2.75, 3.05) is 0 Å². The van der Waals surface area contributed by atoms with E-state index in [0.29, 0.717) is 5.78 Å². The summed E-state index contributed by atoms with van der Waals surface area (Å²) in [5.74, 6) is -0.0857. The Bertz CT molecular complexity index is 1210. The van der Waals surface area contributed by atoms with Crippen LogP contribution in [0.4, 0.5) is 0 Å². The number of hydrogen-bond acceptors (Lipinski definition) is 3. The van der Waals surface area contributed by atoms with Crippen LogP contribution in [0.2, 0.25) is 0 Å². The number of carbonyl (C=O) groups excluding carboxylic acids is 1. The van der Waals surface area contributed by atoms with E-state index in [9.17, 15) is 4.79 Å². The number of hydrogen-bond donors (Lipinski definition) is 2. The van der Waals surface area contributed by atoms with Gasteiger partial charge in [0.15, 0.2) is 0 Å². The molecule has 2 heterocycles. The maximum atomic E-state index is 14.7. The fourth-order valence-electron chi connectivity index (χ4n) is 6.38. The van der Waals surface area contributed by atoms with Gasteiger partial charge < -0.3 is 10.6 Å². The van der Waals surface area contributed by atoms with Gasteiger partial charge in [-0.25, -0.2) is 0 Å². The predicted octanol–water partition coefficient (Wildman–Crippen LogP) is 7.19. The molecule has 0 spiro atoms. The maximum absolute atomic E-state index is 14.7. The van der Waals surface area contributed by atoms with Gasteiger partial charge in [-0.1, -0.05) is 119 Å². The van der Waals surface area contributed by atoms with Crippen LogP contribution in [0, 0.1) is 39.5 Å². The van der Waals surface area contributed by atoms with E-state index in [0.717, 1.165) is 22.3 Å². The Morgan fingerprint density at radius 1 is 0.395 bits per heavy atom. The topological polar surface area (TPSA) is 41.1 Å². The molecule has 0 amide bonds. The molecule has 3 heteroatoms. The monoisotopic (exact) mass is 500 g/mol. The summed E-state index contributed by atoms with van der Waals surface area (Å²) in [6.07, 6.45) is 0. The first-order valence-electron chi connectivity index (χ1n) is 13.7. The van der Waals surface area contributed by atoms with Crippen molar-refractivity contribution in [3.8, 4) is 0 Å². The number of rotatable bonds is 4. The van der Waals surface area contributed by atoms with E-state index in [4.69, 9.17) is 0 Å². The second kappa shape index (κ2) is 9.98. The first kappa shape index (κ1) is 24.8. The minimum atomic E-state index is -0.214. The Hall–Kier alpha value is -3.53. The number of carbonyl (C=O) groups is 1. The summed E-state index contributed by atoms with van der Waals surface area (Å²) in [6.45, 7) is 8.44. The molecule has 4 aromatic carbocycles. The molecule has 0 unspecified atom stereocenters. The Morgan fingerprint density at radius 2 is 0.605 bits per heavy atom. The number of Topliss-reactive ketones (excluding diaryl/α,β-unsaturated/α-hetero) is 1. The third kappa shape index (κ3) is 4.51. The molecule has 2 aliphatic heterocycles. The van der Waals surface area contributed by atoms with Gasteiger partial charge in [0.25, 0.3) is 0 Å². The number of benzene rings is 4. The minimum Gasteiger partial charge on any atom is -0.302 e. The molecule has 0 aromatic heterocycles. The van der Waals surface area contributed by atoms with E-state index < -0.39 is 0 Å². The Morgan fingerprint density at radius 3 is 0.816 bits per heavy atom. The van der Waals surface area contributed by atoms with Gasteiger partial charge >= 0.3 is 0 Å². The molecule has 0 saturated carbocycles. The van der Waals surface area contributed by atoms with Crippen molar-refractivity contribution in [1.82, 2.24) is 10.6 Å². The summed E-state index contributed by atoms with van der Waals surface area (Å²) in [7, 11) is 0. The van der Waals surface area contributed by atoms with Gasteiger partial charge in [0, 0.05) is 24.2 Å². The van der Waals surface area contributed by atoms with Crippen LogP contribution in [0.15, 0.2) is 97.1 Å². The van der Waals surface area contributed by atoms with Crippen molar-refractivity contribution >= 4 is 5.78 Å². The molecule has 2 aliphatic rings. The zero-order chi connectivity index (χ0) is 26.4. The SMILES string of the molecule is Cc1ccc([C@H]2N[C@H](c3ccc(C)cc3)C3C(=O)C2[C@@H](c2ccc(C)cc2)N[C@@H]3c2ccc(C)cc2)cc1. The molecule has 192 valence electrons. The molecule has 2 saturated heterocycles. The number of piperidine rings is 2. The lowest BCUT2D eigenvalue weighted by Crippen LogP contribution is -2.60. The molecule has 3 nitrogen and oxygen atoms in total. The van der Waals surface area contributed by atoms with Crippen LogP contribution in [-0.2, 0) is 4.79 Å². The molecular weight excluding hydrogens is 464 g/mol. The zero-order valence-electron chi connectivity index (χ0n) is 22.6. The van der Waals surface area contributed by atoms with Crippen molar-refractivity contribution in [3.63, 3.8) is 0 Å². The van der Waals surface area contributed by atoms with E-state index in [-0.39, 0.29) is 36.0 Å². The van der Waals surface area contributed by atoms with E-state index >= 15 is 0 Å².